The third-order valence-corrected chi connectivity index (χ3v) is 5.06. The number of hydrogen-bond acceptors (Lipinski definition) is 6. The van der Waals surface area contributed by atoms with Gasteiger partial charge in [-0.25, -0.2) is 4.79 Å². The Kier molecular flexibility index (Phi) is 6.88. The van der Waals surface area contributed by atoms with Crippen LogP contribution in [0.3, 0.4) is 0 Å². The summed E-state index contributed by atoms with van der Waals surface area (Å²) in [5.41, 5.74) is 6.17. The average Bonchev–Trinajstić information content (AvgIpc) is 2.84. The number of nitrogens with two attached hydrogens (primary N) is 1. The number of amidine groups is 1. The fraction of sp³-hybridized carbons (Fsp3) is 0.524. The van der Waals surface area contributed by atoms with Crippen LogP contribution in [-0.2, 0) is 14.0 Å². The normalized spacial score (nSPS) is 19.0. The molecule has 0 spiro atoms. The van der Waals surface area contributed by atoms with Crippen molar-refractivity contribution in [2.45, 2.75) is 65.3 Å². The van der Waals surface area contributed by atoms with E-state index in [1.807, 2.05) is 45.9 Å². The van der Waals surface area contributed by atoms with Gasteiger partial charge in [-0.1, -0.05) is 35.5 Å². The molecule has 1 fully saturated rings. The molecule has 2 rings (SSSR count). The van der Waals surface area contributed by atoms with E-state index in [0.717, 1.165) is 11.0 Å². The van der Waals surface area contributed by atoms with Crippen molar-refractivity contribution < 1.29 is 24.0 Å². The van der Waals surface area contributed by atoms with Crippen molar-refractivity contribution >= 4 is 25.1 Å². The zero-order valence-corrected chi connectivity index (χ0v) is 18.8. The molecule has 164 valence electrons. The molecule has 0 aromatic heterocycles. The standard InChI is InChI=1S/C21H32BN3O5/c1-19(2,3)28-18(26)24-13-16(22-29-20(4,5)21(6,7)30-22)12-14-8-10-15(11-9-14)17(23)25-27/h8-12,27H,13H2,1-7H3,(H2,23,25)(H,24,26). The second kappa shape index (κ2) is 8.69. The summed E-state index contributed by atoms with van der Waals surface area (Å²) < 4.78 is 17.6. The summed E-state index contributed by atoms with van der Waals surface area (Å²) in [5, 5.41) is 14.6. The molecule has 1 aliphatic heterocycles. The van der Waals surface area contributed by atoms with Gasteiger partial charge in [-0.15, -0.1) is 0 Å². The number of rotatable bonds is 5. The van der Waals surface area contributed by atoms with Gasteiger partial charge in [-0.2, -0.15) is 0 Å². The van der Waals surface area contributed by atoms with Crippen LogP contribution in [-0.4, -0.2) is 47.6 Å². The number of amides is 1. The summed E-state index contributed by atoms with van der Waals surface area (Å²) in [4.78, 5) is 12.1. The van der Waals surface area contributed by atoms with Crippen molar-refractivity contribution in [3.8, 4) is 0 Å². The molecule has 1 amide bonds. The molecule has 0 bridgehead atoms. The van der Waals surface area contributed by atoms with Crippen LogP contribution in [0.1, 0.15) is 59.6 Å². The average molecular weight is 417 g/mol. The fourth-order valence-electron chi connectivity index (χ4n) is 2.71. The largest absolute Gasteiger partial charge is 0.492 e. The lowest BCUT2D eigenvalue weighted by Gasteiger charge is -2.32. The first-order chi connectivity index (χ1) is 13.7. The number of oxime groups is 1. The highest BCUT2D eigenvalue weighted by atomic mass is 16.7. The van der Waals surface area contributed by atoms with Crippen molar-refractivity contribution in [3.63, 3.8) is 0 Å². The fourth-order valence-corrected chi connectivity index (χ4v) is 2.71. The van der Waals surface area contributed by atoms with Crippen LogP contribution in [0.4, 0.5) is 4.79 Å². The summed E-state index contributed by atoms with van der Waals surface area (Å²) in [6.07, 6.45) is 1.36. The van der Waals surface area contributed by atoms with E-state index in [4.69, 9.17) is 25.0 Å². The Labute approximate surface area is 178 Å². The Morgan fingerprint density at radius 3 is 2.20 bits per heavy atom. The van der Waals surface area contributed by atoms with Crippen molar-refractivity contribution in [2.24, 2.45) is 10.9 Å². The Bertz CT molecular complexity index is 810. The first kappa shape index (κ1) is 23.8. The van der Waals surface area contributed by atoms with Gasteiger partial charge in [0.05, 0.1) is 11.2 Å². The molecule has 0 aliphatic carbocycles. The maximum atomic E-state index is 12.1. The van der Waals surface area contributed by atoms with E-state index in [1.54, 1.807) is 32.9 Å². The van der Waals surface area contributed by atoms with Gasteiger partial charge in [-0.3, -0.25) is 0 Å². The number of ether oxygens (including phenoxy) is 1. The molecular weight excluding hydrogens is 385 g/mol. The van der Waals surface area contributed by atoms with Gasteiger partial charge in [-0.05, 0) is 59.5 Å². The molecule has 0 saturated carbocycles. The Hall–Kier alpha value is -2.52. The number of hydrogen-bond donors (Lipinski definition) is 3. The molecule has 9 heteroatoms. The molecular formula is C21H32BN3O5. The van der Waals surface area contributed by atoms with Gasteiger partial charge in [0, 0.05) is 12.1 Å². The van der Waals surface area contributed by atoms with E-state index in [1.165, 1.54) is 0 Å². The van der Waals surface area contributed by atoms with Gasteiger partial charge >= 0.3 is 13.2 Å². The summed E-state index contributed by atoms with van der Waals surface area (Å²) in [6, 6.07) is 7.13. The molecule has 1 heterocycles. The zero-order chi connectivity index (χ0) is 22.7. The lowest BCUT2D eigenvalue weighted by Crippen LogP contribution is -2.41. The number of benzene rings is 1. The minimum Gasteiger partial charge on any atom is -0.444 e. The predicted molar refractivity (Wildman–Crippen MR) is 117 cm³/mol. The second-order valence-corrected chi connectivity index (χ2v) is 9.27. The van der Waals surface area contributed by atoms with Crippen LogP contribution in [0.2, 0.25) is 0 Å². The molecule has 1 saturated heterocycles. The van der Waals surface area contributed by atoms with E-state index >= 15 is 0 Å². The van der Waals surface area contributed by atoms with Crippen molar-refractivity contribution in [2.75, 3.05) is 6.54 Å². The van der Waals surface area contributed by atoms with Gasteiger partial charge in [0.1, 0.15) is 5.60 Å². The molecule has 30 heavy (non-hydrogen) atoms. The number of nitrogens with zero attached hydrogens (tertiary/aromatic N) is 1. The first-order valence-electron chi connectivity index (χ1n) is 9.85. The molecule has 0 atom stereocenters. The number of carbonyl (C=O) groups excluding carboxylic acids is 1. The predicted octanol–water partition coefficient (Wildman–Crippen LogP) is 3.32. The Balaban J connectivity index is 2.27. The lowest BCUT2D eigenvalue weighted by atomic mass is 9.77. The third-order valence-electron chi connectivity index (χ3n) is 5.06. The highest BCUT2D eigenvalue weighted by molar-refractivity contribution is 6.56. The lowest BCUT2D eigenvalue weighted by molar-refractivity contribution is 0.00578. The maximum Gasteiger partial charge on any atom is 0.492 e. The summed E-state index contributed by atoms with van der Waals surface area (Å²) in [5.74, 6) is 0.0308. The summed E-state index contributed by atoms with van der Waals surface area (Å²) in [6.45, 7) is 13.5. The van der Waals surface area contributed by atoms with Crippen LogP contribution in [0.25, 0.3) is 6.08 Å². The van der Waals surface area contributed by atoms with Crippen LogP contribution < -0.4 is 11.1 Å². The SMILES string of the molecule is CC(C)(C)OC(=O)NCC(=Cc1ccc(C(N)=NO)cc1)B1OC(C)(C)C(C)(C)O1. The molecule has 0 unspecified atom stereocenters. The molecule has 1 aliphatic rings. The number of carbonyl (C=O) groups is 1. The molecule has 0 radical (unpaired) electrons. The number of nitrogens with one attached hydrogen (secondary N) is 1. The van der Waals surface area contributed by atoms with Gasteiger partial charge < -0.3 is 30.3 Å². The van der Waals surface area contributed by atoms with E-state index in [-0.39, 0.29) is 12.4 Å². The van der Waals surface area contributed by atoms with Crippen molar-refractivity contribution in [1.82, 2.24) is 5.32 Å². The van der Waals surface area contributed by atoms with Gasteiger partial charge in [0.25, 0.3) is 0 Å². The Morgan fingerprint density at radius 2 is 1.73 bits per heavy atom. The second-order valence-electron chi connectivity index (χ2n) is 9.27. The van der Waals surface area contributed by atoms with E-state index in [2.05, 4.69) is 10.5 Å². The topological polar surface area (TPSA) is 115 Å². The van der Waals surface area contributed by atoms with Crippen LogP contribution >= 0.6 is 0 Å². The molecule has 8 nitrogen and oxygen atoms in total. The van der Waals surface area contributed by atoms with Crippen molar-refractivity contribution in [1.29, 1.82) is 0 Å². The maximum absolute atomic E-state index is 12.1. The van der Waals surface area contributed by atoms with Gasteiger partial charge in [0.2, 0.25) is 0 Å². The monoisotopic (exact) mass is 417 g/mol. The quantitative estimate of drug-likeness (QED) is 0.223. The van der Waals surface area contributed by atoms with Crippen LogP contribution in [0.5, 0.6) is 0 Å². The molecule has 1 aromatic carbocycles. The van der Waals surface area contributed by atoms with E-state index < -0.39 is 30.0 Å². The number of alkyl carbamates (subject to hydrolysis) is 1. The summed E-state index contributed by atoms with van der Waals surface area (Å²) >= 11 is 0. The zero-order valence-electron chi connectivity index (χ0n) is 18.8. The molecule has 4 N–H and O–H groups in total. The van der Waals surface area contributed by atoms with E-state index in [0.29, 0.717) is 5.56 Å². The molecule has 1 aromatic rings. The minimum atomic E-state index is -0.631. The highest BCUT2D eigenvalue weighted by Crippen LogP contribution is 2.38. The minimum absolute atomic E-state index is 0.0308. The van der Waals surface area contributed by atoms with E-state index in [9.17, 15) is 4.79 Å². The first-order valence-corrected chi connectivity index (χ1v) is 9.85. The van der Waals surface area contributed by atoms with Crippen molar-refractivity contribution in [3.05, 3.63) is 40.9 Å². The van der Waals surface area contributed by atoms with Crippen LogP contribution in [0.15, 0.2) is 34.9 Å². The van der Waals surface area contributed by atoms with Crippen LogP contribution in [0, 0.1) is 0 Å². The third kappa shape index (κ3) is 5.99. The van der Waals surface area contributed by atoms with Gasteiger partial charge in [0.15, 0.2) is 5.84 Å². The summed E-state index contributed by atoms with van der Waals surface area (Å²) in [7, 11) is -0.631. The highest BCUT2D eigenvalue weighted by Gasteiger charge is 2.52. The Morgan fingerprint density at radius 1 is 1.20 bits per heavy atom. The smallest absolute Gasteiger partial charge is 0.444 e.